The zero-order chi connectivity index (χ0) is 14.2. The number of benzene rings is 1. The van der Waals surface area contributed by atoms with Crippen molar-refractivity contribution in [2.75, 3.05) is 39.0 Å². The first kappa shape index (κ1) is 14.4. The molecule has 1 heterocycles. The number of hydrazine groups is 1. The highest BCUT2D eigenvalue weighted by molar-refractivity contribution is 5.84. The molecule has 0 radical (unpaired) electrons. The minimum atomic E-state index is 0.319. The molecular formula is C13H18N4O3. The maximum Gasteiger partial charge on any atom is 0.241 e. The van der Waals surface area contributed by atoms with Crippen LogP contribution in [0, 0.1) is 0 Å². The lowest BCUT2D eigenvalue weighted by molar-refractivity contribution is 0.0540. The molecule has 2 rings (SSSR count). The Morgan fingerprint density at radius 3 is 2.70 bits per heavy atom. The zero-order valence-corrected chi connectivity index (χ0v) is 11.3. The summed E-state index contributed by atoms with van der Waals surface area (Å²) in [6.07, 6.45) is 0. The first-order chi connectivity index (χ1) is 9.85. The number of anilines is 1. The van der Waals surface area contributed by atoms with Crippen LogP contribution < -0.4 is 16.0 Å². The molecule has 0 atom stereocenters. The van der Waals surface area contributed by atoms with Crippen LogP contribution in [0.1, 0.15) is 0 Å². The Labute approximate surface area is 117 Å². The number of nitrogens with two attached hydrogens (primary N) is 1. The van der Waals surface area contributed by atoms with Crippen LogP contribution >= 0.6 is 0 Å². The summed E-state index contributed by atoms with van der Waals surface area (Å²) in [5.41, 5.74) is 3.20. The minimum absolute atomic E-state index is 0.319. The van der Waals surface area contributed by atoms with E-state index < -0.39 is 0 Å². The van der Waals surface area contributed by atoms with Gasteiger partial charge < -0.3 is 14.2 Å². The fourth-order valence-electron chi connectivity index (χ4n) is 1.66. The number of aromatic nitrogens is 2. The number of methoxy groups -OCH3 is 1. The van der Waals surface area contributed by atoms with Crippen LogP contribution in [0.4, 0.5) is 5.95 Å². The third kappa shape index (κ3) is 3.77. The molecule has 1 aromatic carbocycles. The number of hydrogen-bond acceptors (Lipinski definition) is 7. The molecule has 0 aliphatic carbocycles. The van der Waals surface area contributed by atoms with Gasteiger partial charge in [-0.2, -0.15) is 4.98 Å². The van der Waals surface area contributed by atoms with E-state index in [4.69, 9.17) is 20.1 Å². The average molecular weight is 278 g/mol. The van der Waals surface area contributed by atoms with Gasteiger partial charge in [-0.3, -0.25) is 5.43 Å². The molecule has 0 aliphatic heterocycles. The lowest BCUT2D eigenvalue weighted by Gasteiger charge is -2.10. The van der Waals surface area contributed by atoms with E-state index in [0.29, 0.717) is 38.3 Å². The van der Waals surface area contributed by atoms with Crippen molar-refractivity contribution >= 4 is 16.9 Å². The quantitative estimate of drug-likeness (QED) is 0.422. The van der Waals surface area contributed by atoms with Gasteiger partial charge in [-0.25, -0.2) is 10.8 Å². The van der Waals surface area contributed by atoms with Crippen LogP contribution in [0.15, 0.2) is 24.3 Å². The van der Waals surface area contributed by atoms with Crippen molar-refractivity contribution in [1.82, 2.24) is 9.97 Å². The summed E-state index contributed by atoms with van der Waals surface area (Å²) in [7, 11) is 1.63. The molecule has 20 heavy (non-hydrogen) atoms. The predicted molar refractivity (Wildman–Crippen MR) is 75.5 cm³/mol. The Kier molecular flexibility index (Phi) is 5.48. The van der Waals surface area contributed by atoms with Crippen molar-refractivity contribution in [3.05, 3.63) is 24.3 Å². The molecule has 0 fully saturated rings. The summed E-state index contributed by atoms with van der Waals surface area (Å²) >= 11 is 0. The Bertz CT molecular complexity index is 550. The monoisotopic (exact) mass is 278 g/mol. The van der Waals surface area contributed by atoms with E-state index in [1.807, 2.05) is 24.3 Å². The number of nitrogens with zero attached hydrogens (tertiary/aromatic N) is 2. The molecule has 0 aliphatic rings. The number of nitrogens with one attached hydrogen (secondary N) is 1. The molecule has 0 unspecified atom stereocenters. The van der Waals surface area contributed by atoms with E-state index in [-0.39, 0.29) is 0 Å². The number of ether oxygens (including phenoxy) is 3. The standard InChI is InChI=1S/C13H18N4O3/c1-18-6-7-19-8-9-20-12-10-4-2-3-5-11(10)15-13(16-12)17-14/h2-5H,6-9,14H2,1H3,(H,15,16,17). The molecule has 0 saturated carbocycles. The van der Waals surface area contributed by atoms with Gasteiger partial charge in [0, 0.05) is 7.11 Å². The second-order valence-corrected chi connectivity index (χ2v) is 3.97. The largest absolute Gasteiger partial charge is 0.475 e. The minimum Gasteiger partial charge on any atom is -0.475 e. The van der Waals surface area contributed by atoms with Crippen molar-refractivity contribution in [2.24, 2.45) is 5.84 Å². The highest BCUT2D eigenvalue weighted by Gasteiger charge is 2.07. The molecular weight excluding hydrogens is 260 g/mol. The topological polar surface area (TPSA) is 91.5 Å². The van der Waals surface area contributed by atoms with Crippen LogP contribution in [0.25, 0.3) is 10.9 Å². The molecule has 0 bridgehead atoms. The van der Waals surface area contributed by atoms with Gasteiger partial charge in [-0.05, 0) is 12.1 Å². The van der Waals surface area contributed by atoms with Gasteiger partial charge in [0.1, 0.15) is 6.61 Å². The van der Waals surface area contributed by atoms with E-state index in [1.54, 1.807) is 7.11 Å². The number of rotatable bonds is 8. The van der Waals surface area contributed by atoms with Gasteiger partial charge in [0.05, 0.1) is 30.7 Å². The summed E-state index contributed by atoms with van der Waals surface area (Å²) in [5, 5.41) is 0.836. The summed E-state index contributed by atoms with van der Waals surface area (Å²) in [5.74, 6) is 6.15. The number of nitrogen functional groups attached to an aromatic ring is 1. The Balaban J connectivity index is 2.01. The number of para-hydroxylation sites is 1. The zero-order valence-electron chi connectivity index (χ0n) is 11.3. The van der Waals surface area contributed by atoms with Crippen molar-refractivity contribution in [1.29, 1.82) is 0 Å². The Morgan fingerprint density at radius 1 is 1.10 bits per heavy atom. The molecule has 108 valence electrons. The summed E-state index contributed by atoms with van der Waals surface area (Å²) in [6, 6.07) is 7.58. The Morgan fingerprint density at radius 2 is 1.90 bits per heavy atom. The second-order valence-electron chi connectivity index (χ2n) is 3.97. The normalized spacial score (nSPS) is 10.7. The number of hydrogen-bond donors (Lipinski definition) is 2. The summed E-state index contributed by atoms with van der Waals surface area (Å²) < 4.78 is 15.8. The second kappa shape index (κ2) is 7.59. The van der Waals surface area contributed by atoms with Gasteiger partial charge in [-0.15, -0.1) is 0 Å². The van der Waals surface area contributed by atoms with E-state index >= 15 is 0 Å². The fourth-order valence-corrected chi connectivity index (χ4v) is 1.66. The molecule has 1 aromatic heterocycles. The predicted octanol–water partition coefficient (Wildman–Crippen LogP) is 0.957. The van der Waals surface area contributed by atoms with Gasteiger partial charge in [0.2, 0.25) is 11.8 Å². The lowest BCUT2D eigenvalue weighted by Crippen LogP contribution is -2.13. The van der Waals surface area contributed by atoms with Gasteiger partial charge in [0.25, 0.3) is 0 Å². The van der Waals surface area contributed by atoms with Crippen LogP contribution in [-0.4, -0.2) is 43.5 Å². The summed E-state index contributed by atoms with van der Waals surface area (Å²) in [6.45, 7) is 1.97. The highest BCUT2D eigenvalue weighted by Crippen LogP contribution is 2.23. The van der Waals surface area contributed by atoms with Crippen molar-refractivity contribution in [2.45, 2.75) is 0 Å². The molecule has 0 saturated heterocycles. The molecule has 0 spiro atoms. The van der Waals surface area contributed by atoms with Crippen molar-refractivity contribution in [3.63, 3.8) is 0 Å². The first-order valence-electron chi connectivity index (χ1n) is 6.28. The molecule has 3 N–H and O–H groups in total. The molecule has 2 aromatic rings. The third-order valence-electron chi connectivity index (χ3n) is 2.60. The molecule has 0 amide bonds. The third-order valence-corrected chi connectivity index (χ3v) is 2.60. The Hall–Kier alpha value is -1.96. The smallest absolute Gasteiger partial charge is 0.241 e. The molecule has 7 heteroatoms. The van der Waals surface area contributed by atoms with Crippen LogP contribution in [-0.2, 0) is 9.47 Å². The van der Waals surface area contributed by atoms with E-state index in [0.717, 1.165) is 10.9 Å². The van der Waals surface area contributed by atoms with E-state index in [1.165, 1.54) is 0 Å². The lowest BCUT2D eigenvalue weighted by atomic mass is 10.2. The summed E-state index contributed by atoms with van der Waals surface area (Å²) in [4.78, 5) is 8.45. The van der Waals surface area contributed by atoms with Crippen LogP contribution in [0.2, 0.25) is 0 Å². The fraction of sp³-hybridized carbons (Fsp3) is 0.385. The van der Waals surface area contributed by atoms with Gasteiger partial charge in [-0.1, -0.05) is 12.1 Å². The van der Waals surface area contributed by atoms with Crippen LogP contribution in [0.3, 0.4) is 0 Å². The number of fused-ring (bicyclic) bond motifs is 1. The molecule has 7 nitrogen and oxygen atoms in total. The van der Waals surface area contributed by atoms with Crippen molar-refractivity contribution < 1.29 is 14.2 Å². The first-order valence-corrected chi connectivity index (χ1v) is 6.28. The SMILES string of the molecule is COCCOCCOc1nc(NN)nc2ccccc12. The van der Waals surface area contributed by atoms with Crippen molar-refractivity contribution in [3.8, 4) is 5.88 Å². The maximum atomic E-state index is 5.63. The maximum absolute atomic E-state index is 5.63. The van der Waals surface area contributed by atoms with Gasteiger partial charge >= 0.3 is 0 Å². The van der Waals surface area contributed by atoms with E-state index in [2.05, 4.69) is 15.4 Å². The van der Waals surface area contributed by atoms with Crippen LogP contribution in [0.5, 0.6) is 5.88 Å². The average Bonchev–Trinajstić information content (AvgIpc) is 2.50. The van der Waals surface area contributed by atoms with Gasteiger partial charge in [0.15, 0.2) is 0 Å². The van der Waals surface area contributed by atoms with E-state index in [9.17, 15) is 0 Å². The highest BCUT2D eigenvalue weighted by atomic mass is 16.5.